The number of alkyl halides is 6. The van der Waals surface area contributed by atoms with Gasteiger partial charge in [0, 0.05) is 6.42 Å². The molecule has 188 valence electrons. The van der Waals surface area contributed by atoms with Crippen LogP contribution in [0.15, 0.2) is 24.5 Å². The second-order valence-corrected chi connectivity index (χ2v) is 11.0. The zero-order chi connectivity index (χ0) is 25.3. The molecule has 2 unspecified atom stereocenters. The van der Waals surface area contributed by atoms with Crippen LogP contribution in [0.4, 0.5) is 26.3 Å². The van der Waals surface area contributed by atoms with Gasteiger partial charge in [0.15, 0.2) is 0 Å². The van der Waals surface area contributed by atoms with Gasteiger partial charge in [0.2, 0.25) is 0 Å². The summed E-state index contributed by atoms with van der Waals surface area (Å²) < 4.78 is 125. The number of halogens is 6. The third-order valence-electron chi connectivity index (χ3n) is 6.82. The van der Waals surface area contributed by atoms with Gasteiger partial charge in [-0.15, -0.1) is 0 Å². The van der Waals surface area contributed by atoms with Crippen LogP contribution in [0.1, 0.15) is 45.4 Å². The van der Waals surface area contributed by atoms with Crippen LogP contribution in [0.25, 0.3) is 0 Å². The summed E-state index contributed by atoms with van der Waals surface area (Å²) >= 11 is 0. The number of carbonyl (C=O) groups is 1. The number of hydrogen-bond donors (Lipinski definition) is 0. The summed E-state index contributed by atoms with van der Waals surface area (Å²) in [5.41, 5.74) is -7.79. The summed E-state index contributed by atoms with van der Waals surface area (Å²) in [7, 11) is -6.10. The molecule has 4 aliphatic carbocycles. The SMILES string of the molecule is C=C(C)C(=C)OC12CC3CC(C1)CC(C(=O)OC(CS(=O)(=O)[O-])(C(F)(F)F)C(F)(F)F)(C3)C2. The summed E-state index contributed by atoms with van der Waals surface area (Å²) in [5, 5.41) is 0. The van der Waals surface area contributed by atoms with Gasteiger partial charge in [0.1, 0.15) is 11.4 Å². The van der Waals surface area contributed by atoms with Crippen molar-refractivity contribution in [3.8, 4) is 0 Å². The average molecular weight is 505 g/mol. The van der Waals surface area contributed by atoms with Crippen molar-refractivity contribution < 1.29 is 53.6 Å². The van der Waals surface area contributed by atoms with Crippen LogP contribution in [-0.4, -0.2) is 48.2 Å². The van der Waals surface area contributed by atoms with E-state index in [0.717, 1.165) is 0 Å². The van der Waals surface area contributed by atoms with Crippen molar-refractivity contribution in [2.24, 2.45) is 17.3 Å². The van der Waals surface area contributed by atoms with Gasteiger partial charge in [0.05, 0.1) is 21.3 Å². The van der Waals surface area contributed by atoms with E-state index in [0.29, 0.717) is 24.8 Å². The number of carbonyl (C=O) groups excluding carboxylic acids is 1. The first-order chi connectivity index (χ1) is 14.7. The third-order valence-corrected chi connectivity index (χ3v) is 7.58. The highest BCUT2D eigenvalue weighted by molar-refractivity contribution is 7.85. The number of ether oxygens (including phenoxy) is 2. The highest BCUT2D eigenvalue weighted by atomic mass is 32.2. The molecule has 4 rings (SSSR count). The lowest BCUT2D eigenvalue weighted by Crippen LogP contribution is -2.66. The smallest absolute Gasteiger partial charge is 0.438 e. The monoisotopic (exact) mass is 505 g/mol. The second-order valence-electron chi connectivity index (χ2n) is 9.64. The molecule has 13 heteroatoms. The molecule has 4 fully saturated rings. The van der Waals surface area contributed by atoms with Crippen LogP contribution < -0.4 is 0 Å². The topological polar surface area (TPSA) is 92.7 Å². The van der Waals surface area contributed by atoms with Crippen LogP contribution in [0.3, 0.4) is 0 Å². The van der Waals surface area contributed by atoms with Gasteiger partial charge in [-0.3, -0.25) is 4.79 Å². The number of rotatable bonds is 7. The van der Waals surface area contributed by atoms with Gasteiger partial charge < -0.3 is 14.0 Å². The fourth-order valence-corrected chi connectivity index (χ4v) is 6.75. The maximum atomic E-state index is 13.6. The Morgan fingerprint density at radius 3 is 1.91 bits per heavy atom. The summed E-state index contributed by atoms with van der Waals surface area (Å²) in [6.45, 7) is 9.02. The van der Waals surface area contributed by atoms with Crippen molar-refractivity contribution >= 4 is 16.1 Å². The molecule has 0 spiro atoms. The molecule has 0 heterocycles. The fourth-order valence-electron chi connectivity index (χ4n) is 5.87. The van der Waals surface area contributed by atoms with Crippen molar-refractivity contribution in [1.29, 1.82) is 0 Å². The minimum atomic E-state index is -6.40. The summed E-state index contributed by atoms with van der Waals surface area (Å²) in [6, 6.07) is 0. The van der Waals surface area contributed by atoms with Crippen molar-refractivity contribution in [3.63, 3.8) is 0 Å². The van der Waals surface area contributed by atoms with Crippen LogP contribution in [-0.2, 0) is 24.4 Å². The van der Waals surface area contributed by atoms with Crippen molar-refractivity contribution in [2.45, 2.75) is 69.0 Å². The van der Waals surface area contributed by atoms with Crippen LogP contribution in [0.2, 0.25) is 0 Å². The Labute approximate surface area is 186 Å². The third kappa shape index (κ3) is 4.62. The first-order valence-corrected chi connectivity index (χ1v) is 11.7. The van der Waals surface area contributed by atoms with Crippen LogP contribution in [0.5, 0.6) is 0 Å². The molecule has 0 saturated heterocycles. The Balaban J connectivity index is 2.00. The molecule has 33 heavy (non-hydrogen) atoms. The van der Waals surface area contributed by atoms with Gasteiger partial charge in [-0.1, -0.05) is 13.2 Å². The average Bonchev–Trinajstić information content (AvgIpc) is 2.56. The van der Waals surface area contributed by atoms with E-state index in [1.54, 1.807) is 6.92 Å². The number of esters is 1. The highest BCUT2D eigenvalue weighted by Gasteiger charge is 2.76. The molecule has 6 nitrogen and oxygen atoms in total. The lowest BCUT2D eigenvalue weighted by molar-refractivity contribution is -0.365. The van der Waals surface area contributed by atoms with Gasteiger partial charge in [-0.25, -0.2) is 8.42 Å². The van der Waals surface area contributed by atoms with E-state index in [9.17, 15) is 44.1 Å². The minimum Gasteiger partial charge on any atom is -0.748 e. The molecular formula is C20H23F6O6S-. The van der Waals surface area contributed by atoms with Crippen molar-refractivity contribution in [2.75, 3.05) is 5.75 Å². The molecular weight excluding hydrogens is 482 g/mol. The highest BCUT2D eigenvalue weighted by Crippen LogP contribution is 2.64. The molecule has 4 saturated carbocycles. The van der Waals surface area contributed by atoms with E-state index in [4.69, 9.17) is 4.74 Å². The molecule has 4 aliphatic rings. The Morgan fingerprint density at radius 2 is 1.52 bits per heavy atom. The molecule has 0 radical (unpaired) electrons. The predicted octanol–water partition coefficient (Wildman–Crippen LogP) is 4.38. The molecule has 0 aromatic rings. The number of allylic oxidation sites excluding steroid dienone is 1. The zero-order valence-electron chi connectivity index (χ0n) is 17.6. The van der Waals surface area contributed by atoms with E-state index < -0.39 is 50.8 Å². The normalized spacial score (nSPS) is 31.9. The van der Waals surface area contributed by atoms with E-state index in [2.05, 4.69) is 17.9 Å². The lowest BCUT2D eigenvalue weighted by Gasteiger charge is -2.60. The van der Waals surface area contributed by atoms with Crippen LogP contribution >= 0.6 is 0 Å². The Bertz CT molecular complexity index is 939. The molecule has 2 atom stereocenters. The maximum Gasteiger partial charge on any atom is 0.438 e. The van der Waals surface area contributed by atoms with Crippen molar-refractivity contribution in [3.05, 3.63) is 24.5 Å². The lowest BCUT2D eigenvalue weighted by atomic mass is 9.48. The molecule has 0 N–H and O–H groups in total. The van der Waals surface area contributed by atoms with Gasteiger partial charge in [-0.2, -0.15) is 26.3 Å². The Hall–Kier alpha value is -1.76. The van der Waals surface area contributed by atoms with E-state index >= 15 is 0 Å². The van der Waals surface area contributed by atoms with E-state index in [1.165, 1.54) is 0 Å². The molecule has 0 amide bonds. The summed E-state index contributed by atoms with van der Waals surface area (Å²) in [5.74, 6) is -5.07. The summed E-state index contributed by atoms with van der Waals surface area (Å²) in [6.07, 6.45) is -11.6. The molecule has 0 aromatic heterocycles. The first-order valence-electron chi connectivity index (χ1n) is 10.1. The van der Waals surface area contributed by atoms with Gasteiger partial charge >= 0.3 is 23.9 Å². The fraction of sp³-hybridized carbons (Fsp3) is 0.750. The summed E-state index contributed by atoms with van der Waals surface area (Å²) in [4.78, 5) is 13.0. The quantitative estimate of drug-likeness (QED) is 0.168. The first kappa shape index (κ1) is 25.9. The Kier molecular flexibility index (Phi) is 5.97. The van der Waals surface area contributed by atoms with Gasteiger partial charge in [-0.05, 0) is 56.4 Å². The number of hydrogen-bond acceptors (Lipinski definition) is 6. The van der Waals surface area contributed by atoms with E-state index in [-0.39, 0.29) is 36.9 Å². The van der Waals surface area contributed by atoms with Crippen molar-refractivity contribution in [1.82, 2.24) is 0 Å². The molecule has 0 aromatic carbocycles. The standard InChI is InChI=1S/C20H24F6O6S/c1-11(2)12(3)31-17-7-13-4-14(8-17)6-16(5-13,9-17)15(27)32-18(19(21,22)23,20(24,25)26)10-33(28,29)30/h13-14H,1,3-10H2,2H3,(H,28,29,30)/p-1. The second kappa shape index (κ2) is 7.62. The maximum absolute atomic E-state index is 13.6. The van der Waals surface area contributed by atoms with E-state index in [1.807, 2.05) is 0 Å². The largest absolute Gasteiger partial charge is 0.748 e. The molecule has 0 aliphatic heterocycles. The zero-order valence-corrected chi connectivity index (χ0v) is 18.5. The predicted molar refractivity (Wildman–Crippen MR) is 100 cm³/mol. The van der Waals surface area contributed by atoms with Gasteiger partial charge in [0.25, 0.3) is 0 Å². The Morgan fingerprint density at radius 1 is 1.03 bits per heavy atom. The minimum absolute atomic E-state index is 0.0249. The van der Waals surface area contributed by atoms with Crippen LogP contribution in [0, 0.1) is 17.3 Å². The molecule has 4 bridgehead atoms.